The lowest BCUT2D eigenvalue weighted by molar-refractivity contribution is 1.25. The van der Waals surface area contributed by atoms with Crippen molar-refractivity contribution >= 4 is 0 Å². The van der Waals surface area contributed by atoms with Crippen LogP contribution in [0, 0.1) is 11.8 Å². The van der Waals surface area contributed by atoms with Gasteiger partial charge in [0, 0.05) is 12.8 Å². The van der Waals surface area contributed by atoms with Gasteiger partial charge in [-0.15, -0.1) is 5.92 Å². The maximum Gasteiger partial charge on any atom is 0.0340 e. The monoisotopic (exact) mass is 144 g/mol. The zero-order valence-corrected chi connectivity index (χ0v) is 6.80. The predicted molar refractivity (Wildman–Crippen MR) is 48.2 cm³/mol. The van der Waals surface area contributed by atoms with Crippen LogP contribution in [-0.2, 0) is 6.42 Å². The molecule has 0 N–H and O–H groups in total. The maximum atomic E-state index is 3.10. The smallest absolute Gasteiger partial charge is 0.0340 e. The first-order chi connectivity index (χ1) is 5.43. The minimum absolute atomic E-state index is 0.884. The molecule has 0 unspecified atom stereocenters. The van der Waals surface area contributed by atoms with E-state index in [1.54, 1.807) is 0 Å². The first kappa shape index (κ1) is 7.88. The summed E-state index contributed by atoms with van der Waals surface area (Å²) in [6, 6.07) is 10.3. The van der Waals surface area contributed by atoms with Crippen molar-refractivity contribution in [2.75, 3.05) is 0 Å². The van der Waals surface area contributed by atoms with E-state index in [1.807, 2.05) is 18.2 Å². The molecule has 1 rings (SSSR count). The van der Waals surface area contributed by atoms with Crippen LogP contribution in [0.5, 0.6) is 0 Å². The van der Waals surface area contributed by atoms with Gasteiger partial charge in [-0.05, 0) is 5.56 Å². The Hall–Kier alpha value is -1.22. The van der Waals surface area contributed by atoms with Crippen LogP contribution in [0.3, 0.4) is 0 Å². The SMILES string of the molecule is CCC#CCc1ccccc1. The Labute approximate surface area is 68.3 Å². The van der Waals surface area contributed by atoms with Crippen molar-refractivity contribution in [2.24, 2.45) is 0 Å². The highest BCUT2D eigenvalue weighted by Gasteiger charge is 1.83. The molecule has 0 radical (unpaired) electrons. The summed E-state index contributed by atoms with van der Waals surface area (Å²) in [6.07, 6.45) is 1.83. The van der Waals surface area contributed by atoms with Gasteiger partial charge < -0.3 is 0 Å². The Morgan fingerprint density at radius 2 is 1.82 bits per heavy atom. The van der Waals surface area contributed by atoms with Gasteiger partial charge >= 0.3 is 0 Å². The molecule has 0 bridgehead atoms. The van der Waals surface area contributed by atoms with Gasteiger partial charge in [0.25, 0.3) is 0 Å². The van der Waals surface area contributed by atoms with Crippen LogP contribution < -0.4 is 0 Å². The Morgan fingerprint density at radius 3 is 2.45 bits per heavy atom. The van der Waals surface area contributed by atoms with Gasteiger partial charge in [-0.1, -0.05) is 43.2 Å². The Morgan fingerprint density at radius 1 is 1.09 bits per heavy atom. The van der Waals surface area contributed by atoms with Crippen molar-refractivity contribution < 1.29 is 0 Å². The van der Waals surface area contributed by atoms with E-state index in [-0.39, 0.29) is 0 Å². The van der Waals surface area contributed by atoms with Gasteiger partial charge in [-0.3, -0.25) is 0 Å². The summed E-state index contributed by atoms with van der Waals surface area (Å²) in [5.41, 5.74) is 1.30. The molecule has 0 amide bonds. The molecule has 0 spiro atoms. The highest BCUT2D eigenvalue weighted by atomic mass is 13.9. The summed E-state index contributed by atoms with van der Waals surface area (Å²) in [5, 5.41) is 0. The lowest BCUT2D eigenvalue weighted by Crippen LogP contribution is -1.78. The van der Waals surface area contributed by atoms with Crippen molar-refractivity contribution in [1.82, 2.24) is 0 Å². The molecule has 0 heteroatoms. The highest BCUT2D eigenvalue weighted by Crippen LogP contribution is 1.97. The average molecular weight is 144 g/mol. The normalized spacial score (nSPS) is 8.45. The van der Waals surface area contributed by atoms with E-state index in [0.717, 1.165) is 12.8 Å². The van der Waals surface area contributed by atoms with E-state index >= 15 is 0 Å². The van der Waals surface area contributed by atoms with Crippen LogP contribution in [0.4, 0.5) is 0 Å². The molecule has 0 heterocycles. The fourth-order valence-corrected chi connectivity index (χ4v) is 0.885. The van der Waals surface area contributed by atoms with E-state index in [4.69, 9.17) is 0 Å². The van der Waals surface area contributed by atoms with E-state index < -0.39 is 0 Å². The maximum absolute atomic E-state index is 3.10. The third-order valence-corrected chi connectivity index (χ3v) is 1.44. The third-order valence-electron chi connectivity index (χ3n) is 1.44. The summed E-state index contributed by atoms with van der Waals surface area (Å²) < 4.78 is 0. The van der Waals surface area contributed by atoms with Crippen molar-refractivity contribution in [3.05, 3.63) is 35.9 Å². The van der Waals surface area contributed by atoms with Gasteiger partial charge in [-0.2, -0.15) is 0 Å². The lowest BCUT2D eigenvalue weighted by Gasteiger charge is -1.90. The molecular formula is C11H12. The topological polar surface area (TPSA) is 0 Å². The fourth-order valence-electron chi connectivity index (χ4n) is 0.885. The number of hydrogen-bond acceptors (Lipinski definition) is 0. The van der Waals surface area contributed by atoms with E-state index in [1.165, 1.54) is 5.56 Å². The predicted octanol–water partition coefficient (Wildman–Crippen LogP) is 2.64. The van der Waals surface area contributed by atoms with E-state index in [0.29, 0.717) is 0 Å². The average Bonchev–Trinajstić information content (AvgIpc) is 2.07. The summed E-state index contributed by atoms with van der Waals surface area (Å²) in [4.78, 5) is 0. The van der Waals surface area contributed by atoms with Crippen LogP contribution in [0.15, 0.2) is 30.3 Å². The first-order valence-electron chi connectivity index (χ1n) is 3.93. The van der Waals surface area contributed by atoms with Crippen molar-refractivity contribution in [3.8, 4) is 11.8 Å². The minimum Gasteiger partial charge on any atom is -0.103 e. The summed E-state index contributed by atoms with van der Waals surface area (Å²) >= 11 is 0. The molecule has 0 saturated carbocycles. The van der Waals surface area contributed by atoms with Crippen LogP contribution >= 0.6 is 0 Å². The molecule has 56 valence electrons. The standard InChI is InChI=1S/C11H12/c1-2-3-5-8-11-9-6-4-7-10-11/h4,6-7,9-10H,2,8H2,1H3. The molecule has 1 aromatic rings. The quantitative estimate of drug-likeness (QED) is 0.531. The molecular weight excluding hydrogens is 132 g/mol. The first-order valence-corrected chi connectivity index (χ1v) is 3.93. The second-order valence-corrected chi connectivity index (χ2v) is 2.37. The molecule has 0 aromatic heterocycles. The second-order valence-electron chi connectivity index (χ2n) is 2.37. The van der Waals surface area contributed by atoms with Crippen molar-refractivity contribution in [3.63, 3.8) is 0 Å². The largest absolute Gasteiger partial charge is 0.103 e. The van der Waals surface area contributed by atoms with Crippen molar-refractivity contribution in [1.29, 1.82) is 0 Å². The zero-order valence-electron chi connectivity index (χ0n) is 6.80. The van der Waals surface area contributed by atoms with Gasteiger partial charge in [0.15, 0.2) is 0 Å². The molecule has 1 aromatic carbocycles. The Balaban J connectivity index is 2.52. The molecule has 0 nitrogen and oxygen atoms in total. The fraction of sp³-hybridized carbons (Fsp3) is 0.273. The molecule has 0 aliphatic rings. The summed E-state index contributed by atoms with van der Waals surface area (Å²) in [5.74, 6) is 6.15. The summed E-state index contributed by atoms with van der Waals surface area (Å²) in [7, 11) is 0. The highest BCUT2D eigenvalue weighted by molar-refractivity contribution is 5.20. The van der Waals surface area contributed by atoms with Gasteiger partial charge in [-0.25, -0.2) is 0 Å². The zero-order chi connectivity index (χ0) is 7.94. The number of rotatable bonds is 1. The third kappa shape index (κ3) is 2.91. The second kappa shape index (κ2) is 4.57. The van der Waals surface area contributed by atoms with Crippen molar-refractivity contribution in [2.45, 2.75) is 19.8 Å². The minimum atomic E-state index is 0.884. The summed E-state index contributed by atoms with van der Waals surface area (Å²) in [6.45, 7) is 2.07. The number of hydrogen-bond donors (Lipinski definition) is 0. The number of benzene rings is 1. The molecule has 0 aliphatic carbocycles. The molecule has 0 fully saturated rings. The van der Waals surface area contributed by atoms with Gasteiger partial charge in [0.1, 0.15) is 0 Å². The Bertz CT molecular complexity index is 248. The van der Waals surface area contributed by atoms with E-state index in [9.17, 15) is 0 Å². The van der Waals surface area contributed by atoms with E-state index in [2.05, 4.69) is 30.9 Å². The molecule has 0 atom stereocenters. The molecule has 11 heavy (non-hydrogen) atoms. The van der Waals surface area contributed by atoms with Crippen LogP contribution in [0.25, 0.3) is 0 Å². The molecule has 0 aliphatic heterocycles. The van der Waals surface area contributed by atoms with Crippen LogP contribution in [0.1, 0.15) is 18.9 Å². The lowest BCUT2D eigenvalue weighted by atomic mass is 10.2. The van der Waals surface area contributed by atoms with Crippen LogP contribution in [-0.4, -0.2) is 0 Å². The van der Waals surface area contributed by atoms with Gasteiger partial charge in [0.05, 0.1) is 0 Å². The van der Waals surface area contributed by atoms with Crippen LogP contribution in [0.2, 0.25) is 0 Å². The van der Waals surface area contributed by atoms with Gasteiger partial charge in [0.2, 0.25) is 0 Å². The Kier molecular flexibility index (Phi) is 3.28. The molecule has 0 saturated heterocycles.